The van der Waals surface area contributed by atoms with Gasteiger partial charge in [-0.05, 0) is 67.4 Å². The summed E-state index contributed by atoms with van der Waals surface area (Å²) in [6.07, 6.45) is 11.2. The number of nitrogens with one attached hydrogen (secondary N) is 3. The van der Waals surface area contributed by atoms with Crippen molar-refractivity contribution in [1.29, 1.82) is 0 Å². The largest absolute Gasteiger partial charge is 0.345 e. The Morgan fingerprint density at radius 1 is 0.943 bits per heavy atom. The molecule has 180 valence electrons. The van der Waals surface area contributed by atoms with E-state index in [0.29, 0.717) is 17.0 Å². The number of imidazole rings is 1. The van der Waals surface area contributed by atoms with Crippen LogP contribution in [0.15, 0.2) is 54.6 Å². The maximum atomic E-state index is 12.6. The number of aromatic amines is 1. The molecular weight excluding hydrogens is 460 g/mol. The number of fused-ring (bicyclic) bond motifs is 1. The summed E-state index contributed by atoms with van der Waals surface area (Å²) in [7, 11) is 0. The lowest BCUT2D eigenvalue weighted by molar-refractivity contribution is -0.120. The van der Waals surface area contributed by atoms with Gasteiger partial charge in [0.1, 0.15) is 5.82 Å². The number of carbonyl (C=O) groups is 2. The molecule has 7 heteroatoms. The minimum Gasteiger partial charge on any atom is -0.345 e. The monoisotopic (exact) mass is 488 g/mol. The lowest BCUT2D eigenvalue weighted by Crippen LogP contribution is -2.36. The van der Waals surface area contributed by atoms with Gasteiger partial charge in [-0.15, -0.1) is 0 Å². The lowest BCUT2D eigenvalue weighted by atomic mass is 9.99. The van der Waals surface area contributed by atoms with Crippen LogP contribution in [0.2, 0.25) is 5.02 Å². The predicted octanol–water partition coefficient (Wildman–Crippen LogP) is 6.01. The highest BCUT2D eigenvalue weighted by Crippen LogP contribution is 2.27. The van der Waals surface area contributed by atoms with E-state index in [2.05, 4.69) is 15.6 Å². The van der Waals surface area contributed by atoms with Crippen molar-refractivity contribution < 1.29 is 9.59 Å². The number of benzene rings is 2. The first-order valence-electron chi connectivity index (χ1n) is 12.3. The maximum Gasteiger partial charge on any atom is 0.251 e. The number of nitrogens with zero attached hydrogens (tertiary/aromatic N) is 1. The summed E-state index contributed by atoms with van der Waals surface area (Å²) in [6.45, 7) is 0. The molecule has 1 fully saturated rings. The molecule has 0 saturated heterocycles. The van der Waals surface area contributed by atoms with Crippen LogP contribution < -0.4 is 10.6 Å². The van der Waals surface area contributed by atoms with Crippen molar-refractivity contribution in [2.45, 2.75) is 51.0 Å². The molecule has 3 N–H and O–H groups in total. The Labute approximate surface area is 210 Å². The molecule has 5 rings (SSSR count). The van der Waals surface area contributed by atoms with Crippen LogP contribution in [0.5, 0.6) is 0 Å². The Bertz CT molecular complexity index is 1220. The fraction of sp³-hybridized carbons (Fsp3) is 0.321. The summed E-state index contributed by atoms with van der Waals surface area (Å²) in [5.74, 6) is 0.880. The number of aromatic nitrogens is 2. The van der Waals surface area contributed by atoms with Gasteiger partial charge in [0, 0.05) is 39.9 Å². The van der Waals surface area contributed by atoms with Gasteiger partial charge in [0.15, 0.2) is 0 Å². The number of amides is 2. The second-order valence-electron chi connectivity index (χ2n) is 9.35. The van der Waals surface area contributed by atoms with E-state index in [4.69, 9.17) is 16.6 Å². The zero-order chi connectivity index (χ0) is 24.2. The van der Waals surface area contributed by atoms with Gasteiger partial charge in [-0.3, -0.25) is 9.59 Å². The molecule has 2 aliphatic carbocycles. The first-order valence-corrected chi connectivity index (χ1v) is 12.7. The van der Waals surface area contributed by atoms with E-state index in [1.807, 2.05) is 36.4 Å². The molecule has 1 atom stereocenters. The molecule has 1 saturated carbocycles. The summed E-state index contributed by atoms with van der Waals surface area (Å²) < 4.78 is 0. The standard InChI is InChI=1S/C28H29ClN4O2/c29-21-11-7-20(8-12-21)28(35)31-23-15-16-24-25(17-23)33-26(32-24)18-9-13-22(14-10-18)30-27(34)19-5-3-1-2-4-6-19/h7-16,19,23H,1-6,17H2,(H,30,34)(H,31,35)(H,32,33). The highest BCUT2D eigenvalue weighted by Gasteiger charge is 2.22. The van der Waals surface area contributed by atoms with Crippen molar-refractivity contribution in [3.63, 3.8) is 0 Å². The first kappa shape index (κ1) is 23.4. The fourth-order valence-corrected chi connectivity index (χ4v) is 4.92. The molecule has 2 amide bonds. The van der Waals surface area contributed by atoms with Crippen LogP contribution in [0.3, 0.4) is 0 Å². The van der Waals surface area contributed by atoms with Crippen LogP contribution in [0.4, 0.5) is 5.69 Å². The second kappa shape index (κ2) is 10.5. The summed E-state index contributed by atoms with van der Waals surface area (Å²) in [5, 5.41) is 6.72. The number of hydrogen-bond acceptors (Lipinski definition) is 3. The number of carbonyl (C=O) groups excluding carboxylic acids is 2. The van der Waals surface area contributed by atoms with E-state index in [-0.39, 0.29) is 23.8 Å². The van der Waals surface area contributed by atoms with Crippen LogP contribution in [-0.2, 0) is 11.2 Å². The third-order valence-electron chi connectivity index (χ3n) is 6.80. The number of anilines is 1. The van der Waals surface area contributed by atoms with Crippen molar-refractivity contribution >= 4 is 35.2 Å². The molecular formula is C28H29ClN4O2. The molecule has 2 aromatic carbocycles. The summed E-state index contributed by atoms with van der Waals surface area (Å²) in [5.41, 5.74) is 4.19. The minimum absolute atomic E-state index is 0.119. The second-order valence-corrected chi connectivity index (χ2v) is 9.79. The van der Waals surface area contributed by atoms with Gasteiger partial charge in [0.2, 0.25) is 5.91 Å². The van der Waals surface area contributed by atoms with Gasteiger partial charge < -0.3 is 15.6 Å². The summed E-state index contributed by atoms with van der Waals surface area (Å²) in [4.78, 5) is 33.3. The molecule has 35 heavy (non-hydrogen) atoms. The third-order valence-corrected chi connectivity index (χ3v) is 7.05. The average Bonchev–Trinajstić information content (AvgIpc) is 3.09. The molecule has 0 aliphatic heterocycles. The van der Waals surface area contributed by atoms with Crippen molar-refractivity contribution in [2.75, 3.05) is 5.32 Å². The van der Waals surface area contributed by atoms with Crippen molar-refractivity contribution in [1.82, 2.24) is 15.3 Å². The Morgan fingerprint density at radius 2 is 1.66 bits per heavy atom. The minimum atomic E-state index is -0.138. The highest BCUT2D eigenvalue weighted by molar-refractivity contribution is 6.30. The molecule has 6 nitrogen and oxygen atoms in total. The molecule has 2 aliphatic rings. The Hall–Kier alpha value is -3.38. The number of halogens is 1. The number of hydrogen-bond donors (Lipinski definition) is 3. The smallest absolute Gasteiger partial charge is 0.251 e. The van der Waals surface area contributed by atoms with Gasteiger partial charge in [-0.1, -0.05) is 43.4 Å². The van der Waals surface area contributed by atoms with E-state index in [0.717, 1.165) is 54.1 Å². The highest BCUT2D eigenvalue weighted by atomic mass is 35.5. The molecule has 0 spiro atoms. The maximum absolute atomic E-state index is 12.6. The Morgan fingerprint density at radius 3 is 2.37 bits per heavy atom. The topological polar surface area (TPSA) is 86.9 Å². The molecule has 1 unspecified atom stereocenters. The molecule has 3 aromatic rings. The number of H-pyrrole nitrogens is 1. The summed E-state index contributed by atoms with van der Waals surface area (Å²) >= 11 is 5.91. The van der Waals surface area contributed by atoms with Crippen molar-refractivity contribution in [3.05, 3.63) is 76.6 Å². The van der Waals surface area contributed by atoms with Crippen LogP contribution in [0, 0.1) is 5.92 Å². The van der Waals surface area contributed by atoms with Gasteiger partial charge in [-0.2, -0.15) is 0 Å². The normalized spacial score (nSPS) is 17.9. The molecule has 1 aromatic heterocycles. The van der Waals surface area contributed by atoms with Gasteiger partial charge >= 0.3 is 0 Å². The van der Waals surface area contributed by atoms with Crippen LogP contribution in [-0.4, -0.2) is 27.8 Å². The fourth-order valence-electron chi connectivity index (χ4n) is 4.80. The van der Waals surface area contributed by atoms with Gasteiger partial charge in [0.05, 0.1) is 11.7 Å². The SMILES string of the molecule is O=C(NC1C=Cc2nc(-c3ccc(NC(=O)C4CCCCCC4)cc3)[nH]c2C1)c1ccc(Cl)cc1. The molecule has 0 radical (unpaired) electrons. The average molecular weight is 489 g/mol. The first-order chi connectivity index (χ1) is 17.0. The van der Waals surface area contributed by atoms with Gasteiger partial charge in [-0.25, -0.2) is 4.98 Å². The lowest BCUT2D eigenvalue weighted by Gasteiger charge is -2.17. The summed E-state index contributed by atoms with van der Waals surface area (Å²) in [6, 6.07) is 14.5. The number of rotatable bonds is 5. The molecule has 0 bridgehead atoms. The van der Waals surface area contributed by atoms with Crippen LogP contribution in [0.25, 0.3) is 17.5 Å². The zero-order valence-corrected chi connectivity index (χ0v) is 20.3. The zero-order valence-electron chi connectivity index (χ0n) is 19.5. The van der Waals surface area contributed by atoms with Crippen LogP contribution >= 0.6 is 11.6 Å². The predicted molar refractivity (Wildman–Crippen MR) is 139 cm³/mol. The van der Waals surface area contributed by atoms with Crippen molar-refractivity contribution in [2.24, 2.45) is 5.92 Å². The van der Waals surface area contributed by atoms with E-state index in [9.17, 15) is 9.59 Å². The Kier molecular flexibility index (Phi) is 7.00. The van der Waals surface area contributed by atoms with E-state index in [1.165, 1.54) is 12.8 Å². The van der Waals surface area contributed by atoms with Crippen LogP contribution in [0.1, 0.15) is 60.3 Å². The Balaban J connectivity index is 1.21. The van der Waals surface area contributed by atoms with E-state index >= 15 is 0 Å². The van der Waals surface area contributed by atoms with Crippen molar-refractivity contribution in [3.8, 4) is 11.4 Å². The van der Waals surface area contributed by atoms with Gasteiger partial charge in [0.25, 0.3) is 5.91 Å². The molecule has 1 heterocycles. The van der Waals surface area contributed by atoms with E-state index in [1.54, 1.807) is 24.3 Å². The quantitative estimate of drug-likeness (QED) is 0.384. The van der Waals surface area contributed by atoms with E-state index < -0.39 is 0 Å². The third kappa shape index (κ3) is 5.65.